The van der Waals surface area contributed by atoms with Crippen LogP contribution in [0.1, 0.15) is 52.9 Å². The zero-order valence-electron chi connectivity index (χ0n) is 17.3. The Kier molecular flexibility index (Phi) is 6.18. The van der Waals surface area contributed by atoms with Gasteiger partial charge in [-0.15, -0.1) is 0 Å². The van der Waals surface area contributed by atoms with Crippen LogP contribution in [-0.4, -0.2) is 84.9 Å². The summed E-state index contributed by atoms with van der Waals surface area (Å²) in [6.45, 7) is 10.1. The lowest BCUT2D eigenvalue weighted by molar-refractivity contribution is -0.0177. The highest BCUT2D eigenvalue weighted by molar-refractivity contribution is 5.68. The number of hydrogen-bond donors (Lipinski definition) is 0. The van der Waals surface area contributed by atoms with E-state index >= 15 is 0 Å². The van der Waals surface area contributed by atoms with E-state index in [0.717, 1.165) is 45.4 Å². The highest BCUT2D eigenvalue weighted by Crippen LogP contribution is 2.50. The van der Waals surface area contributed by atoms with Crippen molar-refractivity contribution in [2.24, 2.45) is 5.41 Å². The molecule has 3 fully saturated rings. The van der Waals surface area contributed by atoms with Crippen LogP contribution in [0.25, 0.3) is 0 Å². The Bertz CT molecular complexity index is 539. The highest BCUT2D eigenvalue weighted by atomic mass is 16.6. The summed E-state index contributed by atoms with van der Waals surface area (Å²) in [6.07, 6.45) is 5.10. The minimum Gasteiger partial charge on any atom is -0.453 e. The van der Waals surface area contributed by atoms with Crippen molar-refractivity contribution in [1.29, 1.82) is 0 Å². The number of nitrogens with zero attached hydrogens (tertiary/aromatic N) is 3. The first-order valence-electron chi connectivity index (χ1n) is 10.4. The molecule has 7 nitrogen and oxygen atoms in total. The maximum absolute atomic E-state index is 12.1. The van der Waals surface area contributed by atoms with Crippen molar-refractivity contribution in [3.8, 4) is 0 Å². The van der Waals surface area contributed by atoms with Crippen LogP contribution in [0.4, 0.5) is 9.59 Å². The second kappa shape index (κ2) is 8.25. The second-order valence-electron chi connectivity index (χ2n) is 8.67. The Balaban J connectivity index is 1.46. The van der Waals surface area contributed by atoms with Gasteiger partial charge >= 0.3 is 12.2 Å². The third kappa shape index (κ3) is 4.18. The lowest BCUT2D eigenvalue weighted by Gasteiger charge is -2.52. The summed E-state index contributed by atoms with van der Waals surface area (Å²) >= 11 is 0. The molecular weight excluding hydrogens is 346 g/mol. The predicted octanol–water partition coefficient (Wildman–Crippen LogP) is 2.94. The number of rotatable bonds is 4. The first-order valence-corrected chi connectivity index (χ1v) is 10.4. The fraction of sp³-hybridized carbons (Fsp3) is 0.900. The quantitative estimate of drug-likeness (QED) is 0.749. The zero-order valence-corrected chi connectivity index (χ0v) is 17.3. The molecule has 2 amide bonds. The van der Waals surface area contributed by atoms with Gasteiger partial charge in [-0.3, -0.25) is 0 Å². The molecular formula is C20H35N3O4. The van der Waals surface area contributed by atoms with Crippen molar-refractivity contribution < 1.29 is 19.1 Å². The molecule has 3 rings (SSSR count). The van der Waals surface area contributed by atoms with Crippen molar-refractivity contribution in [1.82, 2.24) is 14.7 Å². The van der Waals surface area contributed by atoms with Gasteiger partial charge in [0.05, 0.1) is 13.7 Å². The van der Waals surface area contributed by atoms with Gasteiger partial charge in [-0.2, -0.15) is 0 Å². The molecule has 0 unspecified atom stereocenters. The first kappa shape index (κ1) is 20.2. The summed E-state index contributed by atoms with van der Waals surface area (Å²) in [5.41, 5.74) is 0.310. The molecule has 0 atom stereocenters. The van der Waals surface area contributed by atoms with Crippen molar-refractivity contribution in [3.63, 3.8) is 0 Å². The normalized spacial score (nSPS) is 29.1. The largest absolute Gasteiger partial charge is 0.453 e. The number of piperidine rings is 1. The van der Waals surface area contributed by atoms with E-state index in [1.165, 1.54) is 20.0 Å². The number of ether oxygens (including phenoxy) is 2. The van der Waals surface area contributed by atoms with Crippen LogP contribution in [-0.2, 0) is 9.47 Å². The minimum atomic E-state index is -0.212. The van der Waals surface area contributed by atoms with Crippen LogP contribution in [0.15, 0.2) is 0 Å². The van der Waals surface area contributed by atoms with E-state index in [1.54, 1.807) is 0 Å². The third-order valence-corrected chi connectivity index (χ3v) is 6.65. The lowest BCUT2D eigenvalue weighted by atomic mass is 9.64. The van der Waals surface area contributed by atoms with E-state index in [4.69, 9.17) is 9.47 Å². The molecule has 2 heterocycles. The van der Waals surface area contributed by atoms with Gasteiger partial charge in [-0.25, -0.2) is 9.59 Å². The van der Waals surface area contributed by atoms with Gasteiger partial charge in [0.2, 0.25) is 0 Å². The van der Waals surface area contributed by atoms with Crippen LogP contribution in [0.5, 0.6) is 0 Å². The van der Waals surface area contributed by atoms with E-state index < -0.39 is 0 Å². The molecule has 7 heteroatoms. The summed E-state index contributed by atoms with van der Waals surface area (Å²) in [5.74, 6) is 0. The number of carbonyl (C=O) groups excluding carboxylic acids is 2. The van der Waals surface area contributed by atoms with E-state index in [2.05, 4.69) is 4.90 Å². The topological polar surface area (TPSA) is 62.3 Å². The van der Waals surface area contributed by atoms with Crippen molar-refractivity contribution in [2.75, 3.05) is 39.9 Å². The summed E-state index contributed by atoms with van der Waals surface area (Å²) in [7, 11) is 1.46. The molecule has 2 saturated heterocycles. The second-order valence-corrected chi connectivity index (χ2v) is 8.67. The van der Waals surface area contributed by atoms with Gasteiger partial charge in [-0.05, 0) is 58.3 Å². The number of amides is 2. The summed E-state index contributed by atoms with van der Waals surface area (Å²) in [6, 6.07) is 1.06. The van der Waals surface area contributed by atoms with Gasteiger partial charge in [0.1, 0.15) is 0 Å². The summed E-state index contributed by atoms with van der Waals surface area (Å²) in [5, 5.41) is 0. The SMILES string of the molecule is CCOC(=O)N1CCC2(CC(N3CCC(N(C(=O)OC)C(C)C)CC3)C2)C1. The summed E-state index contributed by atoms with van der Waals surface area (Å²) in [4.78, 5) is 30.4. The number of likely N-dealkylation sites (tertiary alicyclic amines) is 2. The average Bonchev–Trinajstić information content (AvgIpc) is 3.07. The highest BCUT2D eigenvalue weighted by Gasteiger charge is 2.51. The molecule has 0 aromatic rings. The molecule has 2 aliphatic heterocycles. The van der Waals surface area contributed by atoms with Crippen molar-refractivity contribution in [2.45, 2.75) is 71.0 Å². The smallest absolute Gasteiger partial charge is 0.409 e. The maximum atomic E-state index is 12.1. The maximum Gasteiger partial charge on any atom is 0.409 e. The van der Waals surface area contributed by atoms with E-state index in [0.29, 0.717) is 18.1 Å². The van der Waals surface area contributed by atoms with Crippen LogP contribution in [0, 0.1) is 5.41 Å². The molecule has 154 valence electrons. The van der Waals surface area contributed by atoms with E-state index in [-0.39, 0.29) is 24.3 Å². The van der Waals surface area contributed by atoms with Gasteiger partial charge in [0.15, 0.2) is 0 Å². The molecule has 1 aliphatic carbocycles. The number of methoxy groups -OCH3 is 1. The molecule has 1 saturated carbocycles. The van der Waals surface area contributed by atoms with Crippen molar-refractivity contribution >= 4 is 12.2 Å². The molecule has 0 bridgehead atoms. The average molecular weight is 382 g/mol. The molecule has 3 aliphatic rings. The lowest BCUT2D eigenvalue weighted by Crippen LogP contribution is -2.57. The molecule has 27 heavy (non-hydrogen) atoms. The number of hydrogen-bond acceptors (Lipinski definition) is 5. The monoisotopic (exact) mass is 381 g/mol. The van der Waals surface area contributed by atoms with Crippen LogP contribution >= 0.6 is 0 Å². The third-order valence-electron chi connectivity index (χ3n) is 6.65. The Morgan fingerprint density at radius 2 is 1.85 bits per heavy atom. The molecule has 0 aromatic heterocycles. The van der Waals surface area contributed by atoms with Gasteiger partial charge in [0.25, 0.3) is 0 Å². The molecule has 1 spiro atoms. The summed E-state index contributed by atoms with van der Waals surface area (Å²) < 4.78 is 10.1. The van der Waals surface area contributed by atoms with Crippen LogP contribution in [0.2, 0.25) is 0 Å². The minimum absolute atomic E-state index is 0.157. The Morgan fingerprint density at radius 1 is 1.19 bits per heavy atom. The van der Waals surface area contributed by atoms with Crippen LogP contribution in [0.3, 0.4) is 0 Å². The Labute approximate surface area is 162 Å². The predicted molar refractivity (Wildman–Crippen MR) is 103 cm³/mol. The molecule has 0 radical (unpaired) electrons. The fourth-order valence-corrected chi connectivity index (χ4v) is 5.25. The Hall–Kier alpha value is -1.50. The van der Waals surface area contributed by atoms with Gasteiger partial charge in [-0.1, -0.05) is 0 Å². The zero-order chi connectivity index (χ0) is 19.6. The molecule has 0 aromatic carbocycles. The fourth-order valence-electron chi connectivity index (χ4n) is 5.25. The number of carbonyl (C=O) groups is 2. The van der Waals surface area contributed by atoms with E-state index in [1.807, 2.05) is 30.6 Å². The first-order chi connectivity index (χ1) is 12.9. The van der Waals surface area contributed by atoms with Crippen molar-refractivity contribution in [3.05, 3.63) is 0 Å². The molecule has 0 N–H and O–H groups in total. The van der Waals surface area contributed by atoms with Gasteiger partial charge in [0, 0.05) is 44.3 Å². The standard InChI is InChI=1S/C20H35N3O4/c1-5-27-18(24)22-11-8-20(14-22)12-17(13-20)21-9-6-16(7-10-21)23(15(2)3)19(25)26-4/h15-17H,5-14H2,1-4H3. The van der Waals surface area contributed by atoms with Gasteiger partial charge < -0.3 is 24.2 Å². The van der Waals surface area contributed by atoms with Crippen LogP contribution < -0.4 is 0 Å². The van der Waals surface area contributed by atoms with E-state index in [9.17, 15) is 9.59 Å². The Morgan fingerprint density at radius 3 is 2.41 bits per heavy atom.